The van der Waals surface area contributed by atoms with Gasteiger partial charge in [0, 0.05) is 10.7 Å². The fraction of sp³-hybridized carbons (Fsp3) is 0.174. The maximum atomic E-state index is 13.4. The number of benzene rings is 3. The lowest BCUT2D eigenvalue weighted by Gasteiger charge is -2.23. The van der Waals surface area contributed by atoms with Gasteiger partial charge < -0.3 is 10.1 Å². The molecule has 3 aromatic rings. The fourth-order valence-corrected chi connectivity index (χ4v) is 4.03. The molecule has 0 heterocycles. The number of carbonyl (C=O) groups excluding carboxylic acids is 1. The van der Waals surface area contributed by atoms with Crippen molar-refractivity contribution in [2.75, 3.05) is 22.5 Å². The maximum Gasteiger partial charge on any atom is 0.262 e. The second-order valence-corrected chi connectivity index (χ2v) is 9.47. The van der Waals surface area contributed by atoms with E-state index in [1.165, 1.54) is 16.4 Å². The van der Waals surface area contributed by atoms with Crippen LogP contribution in [0.1, 0.15) is 11.1 Å². The topological polar surface area (TPSA) is 75.7 Å². The number of nitrogens with zero attached hydrogens (tertiary/aromatic N) is 1. The minimum Gasteiger partial charge on any atom is -0.484 e. The molecule has 0 atom stereocenters. The molecule has 3 aromatic carbocycles. The highest BCUT2D eigenvalue weighted by Gasteiger charge is 2.19. The molecule has 0 radical (unpaired) electrons. The maximum absolute atomic E-state index is 13.4. The first-order chi connectivity index (χ1) is 15.1. The van der Waals surface area contributed by atoms with Crippen LogP contribution in [0.3, 0.4) is 0 Å². The SMILES string of the molecule is Cc1ccc(F)cc1NC(=O)COc1ccc(N(Cc2ccccc2Cl)S(C)(=O)=O)cc1. The van der Waals surface area contributed by atoms with Gasteiger partial charge in [0.25, 0.3) is 5.91 Å². The molecule has 6 nitrogen and oxygen atoms in total. The molecule has 0 saturated carbocycles. The molecule has 32 heavy (non-hydrogen) atoms. The Morgan fingerprint density at radius 1 is 1.09 bits per heavy atom. The van der Waals surface area contributed by atoms with E-state index in [0.29, 0.717) is 27.7 Å². The molecule has 1 N–H and O–H groups in total. The van der Waals surface area contributed by atoms with Crippen molar-refractivity contribution in [3.8, 4) is 5.75 Å². The molecule has 0 fully saturated rings. The van der Waals surface area contributed by atoms with Crippen LogP contribution in [0.15, 0.2) is 66.7 Å². The van der Waals surface area contributed by atoms with Crippen LogP contribution in [0.2, 0.25) is 5.02 Å². The van der Waals surface area contributed by atoms with Gasteiger partial charge in [-0.2, -0.15) is 0 Å². The van der Waals surface area contributed by atoms with Gasteiger partial charge in [-0.15, -0.1) is 0 Å². The summed E-state index contributed by atoms with van der Waals surface area (Å²) in [5.74, 6) is -0.514. The third-order valence-corrected chi connectivity index (χ3v) is 6.15. The quantitative estimate of drug-likeness (QED) is 0.508. The van der Waals surface area contributed by atoms with Gasteiger partial charge >= 0.3 is 0 Å². The van der Waals surface area contributed by atoms with Crippen LogP contribution in [0, 0.1) is 12.7 Å². The molecular formula is C23H22ClFN2O4S. The Bertz CT molecular complexity index is 1220. The standard InChI is InChI=1S/C23H22ClFN2O4S/c1-16-7-8-18(25)13-22(16)26-23(28)15-31-20-11-9-19(10-12-20)27(32(2,29)30)14-17-5-3-4-6-21(17)24/h3-13H,14-15H2,1-2H3,(H,26,28). The minimum absolute atomic E-state index is 0.0775. The van der Waals surface area contributed by atoms with Crippen LogP contribution in [0.25, 0.3) is 0 Å². The molecule has 0 unspecified atom stereocenters. The largest absolute Gasteiger partial charge is 0.484 e. The fourth-order valence-electron chi connectivity index (χ4n) is 2.95. The number of ether oxygens (including phenoxy) is 1. The summed E-state index contributed by atoms with van der Waals surface area (Å²) in [7, 11) is -3.57. The van der Waals surface area contributed by atoms with Crippen LogP contribution in [-0.4, -0.2) is 27.2 Å². The van der Waals surface area contributed by atoms with E-state index < -0.39 is 21.7 Å². The average Bonchev–Trinajstić information content (AvgIpc) is 2.74. The predicted molar refractivity (Wildman–Crippen MR) is 124 cm³/mol. The highest BCUT2D eigenvalue weighted by atomic mass is 35.5. The van der Waals surface area contributed by atoms with Gasteiger partial charge in [0.1, 0.15) is 11.6 Å². The molecule has 0 aromatic heterocycles. The number of amides is 1. The van der Waals surface area contributed by atoms with Crippen LogP contribution >= 0.6 is 11.6 Å². The number of aryl methyl sites for hydroxylation is 1. The average molecular weight is 477 g/mol. The molecule has 1 amide bonds. The summed E-state index contributed by atoms with van der Waals surface area (Å²) in [6, 6.07) is 17.5. The first-order valence-electron chi connectivity index (χ1n) is 9.63. The predicted octanol–water partition coefficient (Wildman–Crippen LogP) is 4.77. The number of hydrogen-bond acceptors (Lipinski definition) is 4. The van der Waals surface area contributed by atoms with Crippen molar-refractivity contribution in [1.29, 1.82) is 0 Å². The third-order valence-electron chi connectivity index (χ3n) is 4.64. The monoisotopic (exact) mass is 476 g/mol. The van der Waals surface area contributed by atoms with Crippen LogP contribution in [0.5, 0.6) is 5.75 Å². The van der Waals surface area contributed by atoms with E-state index in [1.807, 2.05) is 0 Å². The highest BCUT2D eigenvalue weighted by Crippen LogP contribution is 2.26. The summed E-state index contributed by atoms with van der Waals surface area (Å²) < 4.78 is 44.8. The first kappa shape index (κ1) is 23.6. The van der Waals surface area contributed by atoms with E-state index in [2.05, 4.69) is 5.32 Å². The molecule has 0 aliphatic heterocycles. The van der Waals surface area contributed by atoms with E-state index in [4.69, 9.17) is 16.3 Å². The molecule has 0 aliphatic carbocycles. The van der Waals surface area contributed by atoms with Crippen molar-refractivity contribution in [3.63, 3.8) is 0 Å². The second-order valence-electron chi connectivity index (χ2n) is 7.15. The van der Waals surface area contributed by atoms with E-state index >= 15 is 0 Å². The molecule has 0 saturated heterocycles. The van der Waals surface area contributed by atoms with Crippen molar-refractivity contribution in [2.45, 2.75) is 13.5 Å². The zero-order chi connectivity index (χ0) is 23.3. The molecule has 0 bridgehead atoms. The Hall–Kier alpha value is -3.10. The Morgan fingerprint density at radius 3 is 2.44 bits per heavy atom. The van der Waals surface area contributed by atoms with Gasteiger partial charge in [0.15, 0.2) is 6.61 Å². The lowest BCUT2D eigenvalue weighted by atomic mass is 10.2. The normalized spacial score (nSPS) is 11.1. The summed E-state index contributed by atoms with van der Waals surface area (Å²) in [6.45, 7) is 1.55. The molecular weight excluding hydrogens is 455 g/mol. The van der Waals surface area contributed by atoms with Gasteiger partial charge in [0.2, 0.25) is 10.0 Å². The summed E-state index contributed by atoms with van der Waals surface area (Å²) in [6.07, 6.45) is 1.12. The van der Waals surface area contributed by atoms with Crippen LogP contribution < -0.4 is 14.4 Å². The molecule has 0 aliphatic rings. The van der Waals surface area contributed by atoms with E-state index in [1.54, 1.807) is 61.5 Å². The van der Waals surface area contributed by atoms with Crippen molar-refractivity contribution >= 4 is 38.9 Å². The van der Waals surface area contributed by atoms with Crippen LogP contribution in [0.4, 0.5) is 15.8 Å². The van der Waals surface area contributed by atoms with Gasteiger partial charge in [0.05, 0.1) is 18.5 Å². The van der Waals surface area contributed by atoms with Crippen molar-refractivity contribution in [2.24, 2.45) is 0 Å². The van der Waals surface area contributed by atoms with E-state index in [0.717, 1.165) is 11.8 Å². The Morgan fingerprint density at radius 2 is 1.78 bits per heavy atom. The zero-order valence-electron chi connectivity index (χ0n) is 17.5. The Kier molecular flexibility index (Phi) is 7.37. The number of nitrogens with one attached hydrogen (secondary N) is 1. The van der Waals surface area contributed by atoms with Gasteiger partial charge in [-0.3, -0.25) is 9.10 Å². The number of carbonyl (C=O) groups is 1. The Balaban J connectivity index is 1.67. The van der Waals surface area contributed by atoms with Gasteiger partial charge in [-0.05, 0) is 60.5 Å². The smallest absolute Gasteiger partial charge is 0.262 e. The zero-order valence-corrected chi connectivity index (χ0v) is 19.1. The lowest BCUT2D eigenvalue weighted by Crippen LogP contribution is -2.29. The second kappa shape index (κ2) is 10.0. The summed E-state index contributed by atoms with van der Waals surface area (Å²) in [4.78, 5) is 12.1. The summed E-state index contributed by atoms with van der Waals surface area (Å²) in [5.41, 5.74) is 2.20. The van der Waals surface area contributed by atoms with E-state index in [-0.39, 0.29) is 13.2 Å². The number of rotatable bonds is 8. The van der Waals surface area contributed by atoms with Crippen LogP contribution in [-0.2, 0) is 21.4 Å². The number of sulfonamides is 1. The van der Waals surface area contributed by atoms with Gasteiger partial charge in [-0.1, -0.05) is 35.9 Å². The van der Waals surface area contributed by atoms with Gasteiger partial charge in [-0.25, -0.2) is 12.8 Å². The van der Waals surface area contributed by atoms with E-state index in [9.17, 15) is 17.6 Å². The molecule has 9 heteroatoms. The first-order valence-corrected chi connectivity index (χ1v) is 11.9. The molecule has 168 valence electrons. The van der Waals surface area contributed by atoms with Crippen molar-refractivity contribution in [3.05, 3.63) is 88.7 Å². The van der Waals surface area contributed by atoms with Crippen molar-refractivity contribution in [1.82, 2.24) is 0 Å². The highest BCUT2D eigenvalue weighted by molar-refractivity contribution is 7.92. The lowest BCUT2D eigenvalue weighted by molar-refractivity contribution is -0.118. The summed E-state index contributed by atoms with van der Waals surface area (Å²) in [5, 5.41) is 3.07. The molecule has 0 spiro atoms. The minimum atomic E-state index is -3.57. The summed E-state index contributed by atoms with van der Waals surface area (Å²) >= 11 is 6.18. The number of hydrogen-bond donors (Lipinski definition) is 1. The van der Waals surface area contributed by atoms with Crippen molar-refractivity contribution < 1.29 is 22.3 Å². The number of halogens is 2. The molecule has 3 rings (SSSR count). The number of anilines is 2. The Labute approximate surface area is 191 Å². The third kappa shape index (κ3) is 6.21.